The van der Waals surface area contributed by atoms with E-state index in [2.05, 4.69) is 15.6 Å². The van der Waals surface area contributed by atoms with Gasteiger partial charge in [-0.25, -0.2) is 4.98 Å². The molecule has 1 heterocycles. The van der Waals surface area contributed by atoms with Gasteiger partial charge in [0, 0.05) is 42.7 Å². The maximum atomic E-state index is 12.5. The molecule has 9 heteroatoms. The van der Waals surface area contributed by atoms with Crippen LogP contribution in [-0.4, -0.2) is 34.0 Å². The van der Waals surface area contributed by atoms with E-state index in [1.54, 1.807) is 36.8 Å². The molecule has 28 heavy (non-hydrogen) atoms. The largest absolute Gasteiger partial charge is 0.349 e. The second kappa shape index (κ2) is 11.7. The second-order valence-corrected chi connectivity index (χ2v) is 6.69. The average molecular weight is 428 g/mol. The Morgan fingerprint density at radius 2 is 2.07 bits per heavy atom. The highest BCUT2D eigenvalue weighted by Gasteiger charge is 2.27. The van der Waals surface area contributed by atoms with Crippen molar-refractivity contribution < 1.29 is 9.59 Å². The summed E-state index contributed by atoms with van der Waals surface area (Å²) in [6.07, 6.45) is 8.64. The summed E-state index contributed by atoms with van der Waals surface area (Å²) in [5.41, 5.74) is 6.94. The smallest absolute Gasteiger partial charge is 0.251 e. The molecule has 1 aliphatic carbocycles. The van der Waals surface area contributed by atoms with E-state index in [0.29, 0.717) is 36.7 Å². The number of halogens is 2. The highest BCUT2D eigenvalue weighted by Crippen LogP contribution is 2.25. The van der Waals surface area contributed by atoms with Crippen molar-refractivity contribution in [1.29, 1.82) is 0 Å². The average Bonchev–Trinajstić information content (AvgIpc) is 3.31. The van der Waals surface area contributed by atoms with Crippen LogP contribution >= 0.6 is 24.8 Å². The summed E-state index contributed by atoms with van der Waals surface area (Å²) in [5.74, 6) is 0.130. The number of hydrogen-bond donors (Lipinski definition) is 3. The van der Waals surface area contributed by atoms with E-state index in [4.69, 9.17) is 5.73 Å². The van der Waals surface area contributed by atoms with E-state index in [9.17, 15) is 9.59 Å². The Bertz CT molecular complexity index is 755. The summed E-state index contributed by atoms with van der Waals surface area (Å²) in [6, 6.07) is 7.15. The molecule has 1 fully saturated rings. The van der Waals surface area contributed by atoms with Crippen molar-refractivity contribution in [3.63, 3.8) is 0 Å². The van der Waals surface area contributed by atoms with Crippen LogP contribution in [0.25, 0.3) is 0 Å². The Hall–Kier alpha value is -2.09. The Morgan fingerprint density at radius 1 is 1.25 bits per heavy atom. The number of carbonyl (C=O) groups is 2. The lowest BCUT2D eigenvalue weighted by Gasteiger charge is -2.19. The molecule has 0 spiro atoms. The predicted octanol–water partition coefficient (Wildman–Crippen LogP) is 2.61. The molecule has 0 radical (unpaired) electrons. The van der Waals surface area contributed by atoms with Gasteiger partial charge in [-0.3, -0.25) is 9.59 Å². The predicted molar refractivity (Wildman–Crippen MR) is 114 cm³/mol. The molecule has 2 amide bonds. The van der Waals surface area contributed by atoms with Gasteiger partial charge in [-0.1, -0.05) is 12.5 Å². The van der Waals surface area contributed by atoms with Gasteiger partial charge in [0.05, 0.1) is 6.33 Å². The van der Waals surface area contributed by atoms with Crippen LogP contribution in [-0.2, 0) is 11.3 Å². The molecule has 0 saturated heterocycles. The number of aryl methyl sites for hydroxylation is 1. The highest BCUT2D eigenvalue weighted by molar-refractivity contribution is 5.97. The maximum absolute atomic E-state index is 12.5. The van der Waals surface area contributed by atoms with E-state index in [1.165, 1.54) is 0 Å². The number of aromatic nitrogens is 2. The molecule has 2 unspecified atom stereocenters. The molecular formula is C19H27Cl2N5O2. The van der Waals surface area contributed by atoms with Crippen LogP contribution in [0.4, 0.5) is 5.69 Å². The lowest BCUT2D eigenvalue weighted by Crippen LogP contribution is -2.39. The number of nitrogens with zero attached hydrogens (tertiary/aromatic N) is 2. The Balaban J connectivity index is 0.00000196. The number of anilines is 1. The van der Waals surface area contributed by atoms with Gasteiger partial charge in [-0.2, -0.15) is 0 Å². The van der Waals surface area contributed by atoms with Crippen LogP contribution in [0.1, 0.15) is 36.0 Å². The van der Waals surface area contributed by atoms with Crippen molar-refractivity contribution in [1.82, 2.24) is 14.9 Å². The minimum absolute atomic E-state index is 0. The molecular weight excluding hydrogens is 401 g/mol. The van der Waals surface area contributed by atoms with Gasteiger partial charge in [0.15, 0.2) is 0 Å². The fourth-order valence-electron chi connectivity index (χ4n) is 3.37. The number of rotatable bonds is 7. The van der Waals surface area contributed by atoms with Crippen molar-refractivity contribution in [3.8, 4) is 0 Å². The quantitative estimate of drug-likeness (QED) is 0.631. The zero-order chi connectivity index (χ0) is 18.4. The van der Waals surface area contributed by atoms with Crippen molar-refractivity contribution in [2.75, 3.05) is 11.9 Å². The third-order valence-corrected chi connectivity index (χ3v) is 4.84. The number of nitrogens with one attached hydrogen (secondary N) is 2. The molecule has 0 aliphatic heterocycles. The van der Waals surface area contributed by atoms with Gasteiger partial charge in [0.1, 0.15) is 0 Å². The number of carbonyl (C=O) groups excluding carboxylic acids is 2. The Morgan fingerprint density at radius 3 is 2.79 bits per heavy atom. The van der Waals surface area contributed by atoms with Crippen LogP contribution in [0.2, 0.25) is 0 Å². The van der Waals surface area contributed by atoms with E-state index < -0.39 is 0 Å². The summed E-state index contributed by atoms with van der Waals surface area (Å²) in [4.78, 5) is 28.5. The minimum atomic E-state index is -0.120. The standard InChI is InChI=1S/C19H25N5O2.2ClH/c20-12-15-4-2-6-17(15)23-19(26)14-3-1-5-16(11-14)22-18(25)7-9-24-10-8-21-13-24;;/h1,3,5,8,10-11,13,15,17H,2,4,6-7,9,12,20H2,(H,22,25)(H,23,26);2*1H. The lowest BCUT2D eigenvalue weighted by atomic mass is 10.0. The Kier molecular flexibility index (Phi) is 9.99. The summed E-state index contributed by atoms with van der Waals surface area (Å²) in [6.45, 7) is 1.16. The molecule has 1 aromatic heterocycles. The molecule has 3 rings (SSSR count). The number of benzene rings is 1. The zero-order valence-electron chi connectivity index (χ0n) is 15.5. The van der Waals surface area contributed by atoms with Crippen LogP contribution < -0.4 is 16.4 Å². The molecule has 0 bridgehead atoms. The zero-order valence-corrected chi connectivity index (χ0v) is 17.2. The molecule has 1 aromatic carbocycles. The SMILES string of the molecule is Cl.Cl.NCC1CCCC1NC(=O)c1cccc(NC(=O)CCn2ccnc2)c1. The number of hydrogen-bond acceptors (Lipinski definition) is 4. The highest BCUT2D eigenvalue weighted by atomic mass is 35.5. The first-order chi connectivity index (χ1) is 12.7. The Labute approximate surface area is 177 Å². The third-order valence-electron chi connectivity index (χ3n) is 4.84. The fourth-order valence-corrected chi connectivity index (χ4v) is 3.37. The molecule has 4 N–H and O–H groups in total. The van der Waals surface area contributed by atoms with Crippen molar-refractivity contribution in [3.05, 3.63) is 48.5 Å². The number of imidazole rings is 1. The van der Waals surface area contributed by atoms with E-state index in [1.807, 2.05) is 10.8 Å². The van der Waals surface area contributed by atoms with Crippen LogP contribution in [0.5, 0.6) is 0 Å². The fraction of sp³-hybridized carbons (Fsp3) is 0.421. The maximum Gasteiger partial charge on any atom is 0.251 e. The van der Waals surface area contributed by atoms with E-state index >= 15 is 0 Å². The molecule has 2 atom stereocenters. The van der Waals surface area contributed by atoms with Gasteiger partial charge < -0.3 is 20.9 Å². The molecule has 2 aromatic rings. The van der Waals surface area contributed by atoms with E-state index in [0.717, 1.165) is 19.3 Å². The van der Waals surface area contributed by atoms with Crippen LogP contribution in [0.15, 0.2) is 43.0 Å². The van der Waals surface area contributed by atoms with E-state index in [-0.39, 0.29) is 42.7 Å². The first-order valence-corrected chi connectivity index (χ1v) is 9.02. The number of amides is 2. The number of nitrogens with two attached hydrogens (primary N) is 1. The van der Waals surface area contributed by atoms with Crippen LogP contribution in [0.3, 0.4) is 0 Å². The summed E-state index contributed by atoms with van der Waals surface area (Å²) >= 11 is 0. The molecule has 154 valence electrons. The summed E-state index contributed by atoms with van der Waals surface area (Å²) < 4.78 is 1.85. The van der Waals surface area contributed by atoms with Crippen molar-refractivity contribution in [2.45, 2.75) is 38.3 Å². The first kappa shape index (κ1) is 23.9. The van der Waals surface area contributed by atoms with Gasteiger partial charge >= 0.3 is 0 Å². The van der Waals surface area contributed by atoms with Gasteiger partial charge in [0.2, 0.25) is 5.91 Å². The summed E-state index contributed by atoms with van der Waals surface area (Å²) in [7, 11) is 0. The van der Waals surface area contributed by atoms with Crippen LogP contribution in [0, 0.1) is 5.92 Å². The molecule has 1 saturated carbocycles. The van der Waals surface area contributed by atoms with Crippen molar-refractivity contribution >= 4 is 42.3 Å². The van der Waals surface area contributed by atoms with Gasteiger partial charge in [0.25, 0.3) is 5.91 Å². The minimum Gasteiger partial charge on any atom is -0.349 e. The van der Waals surface area contributed by atoms with Crippen molar-refractivity contribution in [2.24, 2.45) is 11.7 Å². The summed E-state index contributed by atoms with van der Waals surface area (Å²) in [5, 5.41) is 5.92. The first-order valence-electron chi connectivity index (χ1n) is 9.02. The van der Waals surface area contributed by atoms with Gasteiger partial charge in [-0.15, -0.1) is 24.8 Å². The third kappa shape index (κ3) is 6.51. The topological polar surface area (TPSA) is 102 Å². The monoisotopic (exact) mass is 427 g/mol. The lowest BCUT2D eigenvalue weighted by molar-refractivity contribution is -0.116. The van der Waals surface area contributed by atoms with Gasteiger partial charge in [-0.05, 0) is 43.5 Å². The normalized spacial score (nSPS) is 17.9. The molecule has 7 nitrogen and oxygen atoms in total. The second-order valence-electron chi connectivity index (χ2n) is 6.69. The molecule has 1 aliphatic rings.